The van der Waals surface area contributed by atoms with Crippen molar-refractivity contribution in [3.63, 3.8) is 0 Å². The van der Waals surface area contributed by atoms with Crippen molar-refractivity contribution in [3.8, 4) is 0 Å². The van der Waals surface area contributed by atoms with Gasteiger partial charge in [0.2, 0.25) is 5.91 Å². The van der Waals surface area contributed by atoms with E-state index in [9.17, 15) is 9.59 Å². The van der Waals surface area contributed by atoms with Crippen LogP contribution in [-0.4, -0.2) is 23.0 Å². The van der Waals surface area contributed by atoms with Crippen LogP contribution in [0.15, 0.2) is 0 Å². The lowest BCUT2D eigenvalue weighted by Gasteiger charge is -2.16. The molecule has 4 heteroatoms. The summed E-state index contributed by atoms with van der Waals surface area (Å²) in [6.45, 7) is 7.43. The van der Waals surface area contributed by atoms with E-state index in [4.69, 9.17) is 5.11 Å². The van der Waals surface area contributed by atoms with Crippen molar-refractivity contribution in [2.24, 2.45) is 11.8 Å². The second kappa shape index (κ2) is 6.43. The summed E-state index contributed by atoms with van der Waals surface area (Å²) < 4.78 is 0. The van der Waals surface area contributed by atoms with Crippen LogP contribution in [0.3, 0.4) is 0 Å². The van der Waals surface area contributed by atoms with E-state index in [1.165, 1.54) is 0 Å². The van der Waals surface area contributed by atoms with Gasteiger partial charge in [-0.1, -0.05) is 20.8 Å². The van der Waals surface area contributed by atoms with Crippen molar-refractivity contribution in [1.82, 2.24) is 5.32 Å². The minimum absolute atomic E-state index is 0.00455. The van der Waals surface area contributed by atoms with Crippen LogP contribution in [0.25, 0.3) is 0 Å². The molecule has 0 radical (unpaired) electrons. The highest BCUT2D eigenvalue weighted by Gasteiger charge is 2.16. The van der Waals surface area contributed by atoms with Crippen molar-refractivity contribution >= 4 is 11.9 Å². The van der Waals surface area contributed by atoms with E-state index in [0.717, 1.165) is 0 Å². The van der Waals surface area contributed by atoms with Gasteiger partial charge in [-0.25, -0.2) is 0 Å². The first-order chi connectivity index (χ1) is 6.82. The molecule has 0 aliphatic rings. The third-order valence-electron chi connectivity index (χ3n) is 2.13. The van der Waals surface area contributed by atoms with Gasteiger partial charge in [0.25, 0.3) is 0 Å². The molecule has 0 heterocycles. The van der Waals surface area contributed by atoms with Gasteiger partial charge in [-0.05, 0) is 19.3 Å². The smallest absolute Gasteiger partial charge is 0.306 e. The standard InChI is InChI=1S/C11H21NO3/c1-7(2)5-10(13)12-9(4)6-8(3)11(14)15/h7-9H,5-6H2,1-4H3,(H,12,13)(H,14,15). The van der Waals surface area contributed by atoms with E-state index in [0.29, 0.717) is 18.8 Å². The van der Waals surface area contributed by atoms with Crippen molar-refractivity contribution in [3.05, 3.63) is 0 Å². The van der Waals surface area contributed by atoms with E-state index in [2.05, 4.69) is 5.32 Å². The summed E-state index contributed by atoms with van der Waals surface area (Å²) in [5.74, 6) is -0.913. The van der Waals surface area contributed by atoms with E-state index in [-0.39, 0.29) is 11.9 Å². The van der Waals surface area contributed by atoms with E-state index < -0.39 is 11.9 Å². The normalized spacial score (nSPS) is 14.7. The van der Waals surface area contributed by atoms with Crippen molar-refractivity contribution in [2.75, 3.05) is 0 Å². The lowest BCUT2D eigenvalue weighted by atomic mass is 10.0. The molecule has 0 aliphatic heterocycles. The van der Waals surface area contributed by atoms with Crippen molar-refractivity contribution < 1.29 is 14.7 Å². The second-order valence-corrected chi connectivity index (χ2v) is 4.54. The van der Waals surface area contributed by atoms with Gasteiger partial charge in [-0.3, -0.25) is 9.59 Å². The quantitative estimate of drug-likeness (QED) is 0.708. The first-order valence-electron chi connectivity index (χ1n) is 5.35. The Balaban J connectivity index is 3.87. The summed E-state index contributed by atoms with van der Waals surface area (Å²) >= 11 is 0. The zero-order chi connectivity index (χ0) is 12.0. The molecule has 4 nitrogen and oxygen atoms in total. The van der Waals surface area contributed by atoms with Gasteiger partial charge >= 0.3 is 5.97 Å². The predicted octanol–water partition coefficient (Wildman–Crippen LogP) is 1.65. The van der Waals surface area contributed by atoms with Crippen LogP contribution in [-0.2, 0) is 9.59 Å². The van der Waals surface area contributed by atoms with Crippen LogP contribution in [0.4, 0.5) is 0 Å². The zero-order valence-electron chi connectivity index (χ0n) is 9.91. The molecule has 0 aliphatic carbocycles. The molecule has 1 amide bonds. The molecule has 0 aromatic carbocycles. The summed E-state index contributed by atoms with van der Waals surface area (Å²) in [5, 5.41) is 11.5. The molecule has 0 bridgehead atoms. The molecule has 0 fully saturated rings. The van der Waals surface area contributed by atoms with Crippen LogP contribution >= 0.6 is 0 Å². The molecule has 15 heavy (non-hydrogen) atoms. The Morgan fingerprint density at radius 3 is 2.13 bits per heavy atom. The molecule has 2 N–H and O–H groups in total. The molecule has 2 atom stereocenters. The SMILES string of the molecule is CC(C)CC(=O)NC(C)CC(C)C(=O)O. The van der Waals surface area contributed by atoms with Gasteiger partial charge in [-0.15, -0.1) is 0 Å². The Bertz CT molecular complexity index is 226. The maximum absolute atomic E-state index is 11.4. The minimum Gasteiger partial charge on any atom is -0.481 e. The van der Waals surface area contributed by atoms with Gasteiger partial charge in [0.1, 0.15) is 0 Å². The highest BCUT2D eigenvalue weighted by molar-refractivity contribution is 5.76. The largest absolute Gasteiger partial charge is 0.481 e. The third kappa shape index (κ3) is 6.94. The van der Waals surface area contributed by atoms with E-state index in [1.807, 2.05) is 20.8 Å². The fraction of sp³-hybridized carbons (Fsp3) is 0.818. The van der Waals surface area contributed by atoms with E-state index >= 15 is 0 Å². The molecule has 0 aromatic rings. The van der Waals surface area contributed by atoms with Crippen LogP contribution in [0.5, 0.6) is 0 Å². The fourth-order valence-electron chi connectivity index (χ4n) is 1.39. The topological polar surface area (TPSA) is 66.4 Å². The number of carboxylic acids is 1. The van der Waals surface area contributed by atoms with Crippen LogP contribution in [0.1, 0.15) is 40.5 Å². The number of amides is 1. The fourth-order valence-corrected chi connectivity index (χ4v) is 1.39. The van der Waals surface area contributed by atoms with Crippen molar-refractivity contribution in [1.29, 1.82) is 0 Å². The average molecular weight is 215 g/mol. The first kappa shape index (κ1) is 13.9. The summed E-state index contributed by atoms with van der Waals surface area (Å²) in [5.41, 5.74) is 0. The molecular formula is C11H21NO3. The Hall–Kier alpha value is -1.06. The average Bonchev–Trinajstić information content (AvgIpc) is 2.00. The number of nitrogens with one attached hydrogen (secondary N) is 1. The molecule has 0 rings (SSSR count). The maximum atomic E-state index is 11.4. The number of carbonyl (C=O) groups is 2. The molecule has 0 saturated carbocycles. The van der Waals surface area contributed by atoms with Crippen molar-refractivity contribution in [2.45, 2.75) is 46.6 Å². The molecular weight excluding hydrogens is 194 g/mol. The van der Waals surface area contributed by atoms with Gasteiger partial charge < -0.3 is 10.4 Å². The lowest BCUT2D eigenvalue weighted by molar-refractivity contribution is -0.141. The van der Waals surface area contributed by atoms with Gasteiger partial charge in [0.15, 0.2) is 0 Å². The Kier molecular flexibility index (Phi) is 5.97. The summed E-state index contributed by atoms with van der Waals surface area (Å²) in [6.07, 6.45) is 0.963. The van der Waals surface area contributed by atoms with Crippen LogP contribution in [0, 0.1) is 11.8 Å². The highest BCUT2D eigenvalue weighted by atomic mass is 16.4. The Morgan fingerprint density at radius 1 is 1.20 bits per heavy atom. The maximum Gasteiger partial charge on any atom is 0.306 e. The number of hydrogen-bond donors (Lipinski definition) is 2. The third-order valence-corrected chi connectivity index (χ3v) is 2.13. The Morgan fingerprint density at radius 2 is 1.73 bits per heavy atom. The number of aliphatic carboxylic acids is 1. The molecule has 88 valence electrons. The zero-order valence-corrected chi connectivity index (χ0v) is 9.91. The first-order valence-corrected chi connectivity index (χ1v) is 5.35. The number of carboxylic acid groups (broad SMARTS) is 1. The van der Waals surface area contributed by atoms with Gasteiger partial charge in [0, 0.05) is 12.5 Å². The van der Waals surface area contributed by atoms with E-state index in [1.54, 1.807) is 6.92 Å². The summed E-state index contributed by atoms with van der Waals surface area (Å²) in [4.78, 5) is 21.9. The minimum atomic E-state index is -0.819. The Labute approximate surface area is 91.1 Å². The summed E-state index contributed by atoms with van der Waals surface area (Å²) in [6, 6.07) is -0.0812. The molecule has 0 spiro atoms. The van der Waals surface area contributed by atoms with Gasteiger partial charge in [0.05, 0.1) is 5.92 Å². The lowest BCUT2D eigenvalue weighted by Crippen LogP contribution is -2.35. The highest BCUT2D eigenvalue weighted by Crippen LogP contribution is 2.07. The number of hydrogen-bond acceptors (Lipinski definition) is 2. The van der Waals surface area contributed by atoms with Crippen LogP contribution in [0.2, 0.25) is 0 Å². The van der Waals surface area contributed by atoms with Crippen LogP contribution < -0.4 is 5.32 Å². The molecule has 0 saturated heterocycles. The second-order valence-electron chi connectivity index (χ2n) is 4.54. The predicted molar refractivity (Wildman–Crippen MR) is 58.5 cm³/mol. The summed E-state index contributed by atoms with van der Waals surface area (Å²) in [7, 11) is 0. The number of rotatable bonds is 6. The number of carbonyl (C=O) groups excluding carboxylic acids is 1. The molecule has 0 aromatic heterocycles. The molecule has 2 unspecified atom stereocenters. The van der Waals surface area contributed by atoms with Gasteiger partial charge in [-0.2, -0.15) is 0 Å². The monoisotopic (exact) mass is 215 g/mol.